The van der Waals surface area contributed by atoms with Crippen LogP contribution in [0.4, 0.5) is 0 Å². The molecule has 11 heteroatoms. The molecular weight excluding hydrogens is 570 g/mol. The van der Waals surface area contributed by atoms with Crippen LogP contribution in [-0.2, 0) is 33.2 Å². The number of hydrogen-bond donors (Lipinski definition) is 2. The van der Waals surface area contributed by atoms with Crippen molar-refractivity contribution in [3.8, 4) is 0 Å². The molecule has 0 aromatic heterocycles. The lowest BCUT2D eigenvalue weighted by molar-refractivity contribution is -0.316. The van der Waals surface area contributed by atoms with E-state index in [4.69, 9.17) is 28.4 Å². The number of methoxy groups -OCH3 is 4. The van der Waals surface area contributed by atoms with Gasteiger partial charge in [0.25, 0.3) is 0 Å². The normalized spacial score (nSPS) is 49.9. The first-order chi connectivity index (χ1) is 21.0. The first kappa shape index (κ1) is 30.5. The van der Waals surface area contributed by atoms with Gasteiger partial charge in [0.1, 0.15) is 23.9 Å². The highest BCUT2D eigenvalue weighted by molar-refractivity contribution is 5.89. The monoisotopic (exact) mass is 615 g/mol. The average Bonchev–Trinajstić information content (AvgIpc) is 3.39. The minimum atomic E-state index is -1.76. The van der Waals surface area contributed by atoms with Gasteiger partial charge in [0, 0.05) is 76.5 Å². The van der Waals surface area contributed by atoms with Gasteiger partial charge in [-0.2, -0.15) is 0 Å². The number of aliphatic hydroxyl groups is 2. The van der Waals surface area contributed by atoms with Crippen molar-refractivity contribution in [3.05, 3.63) is 35.9 Å². The zero-order valence-corrected chi connectivity index (χ0v) is 26.3. The van der Waals surface area contributed by atoms with Crippen LogP contribution in [0.1, 0.15) is 36.5 Å². The molecule has 1 spiro atoms. The lowest BCUT2D eigenvalue weighted by Gasteiger charge is -2.69. The molecule has 44 heavy (non-hydrogen) atoms. The van der Waals surface area contributed by atoms with Crippen molar-refractivity contribution in [1.29, 1.82) is 0 Å². The Kier molecular flexibility index (Phi) is 7.07. The Morgan fingerprint density at radius 2 is 1.75 bits per heavy atom. The third-order valence-electron chi connectivity index (χ3n) is 12.8. The van der Waals surface area contributed by atoms with E-state index in [0.717, 1.165) is 19.4 Å². The van der Waals surface area contributed by atoms with Crippen molar-refractivity contribution in [3.63, 3.8) is 0 Å². The summed E-state index contributed by atoms with van der Waals surface area (Å²) in [5.41, 5.74) is -3.93. The summed E-state index contributed by atoms with van der Waals surface area (Å²) in [6.07, 6.45) is -2.66. The fourth-order valence-corrected chi connectivity index (χ4v) is 12.3. The SMILES string of the molecule is COC[C@@]12CC[C@H](OC)[C@]34C(C([C@H](OC)[C@H]13)[C@]1(OC(C)=O)[C@H]3[C@@H](OC(=O)c5ccccc5)[C@](O)(C[C@H]34)[C@H](OC)[C@@H]1O)N(C)C2. The van der Waals surface area contributed by atoms with Crippen LogP contribution >= 0.6 is 0 Å². The molecule has 1 aliphatic heterocycles. The van der Waals surface area contributed by atoms with E-state index in [1.807, 2.05) is 6.07 Å². The third kappa shape index (κ3) is 3.41. The highest BCUT2D eigenvalue weighted by atomic mass is 16.6. The van der Waals surface area contributed by atoms with Crippen molar-refractivity contribution in [2.45, 2.75) is 73.9 Å². The van der Waals surface area contributed by atoms with Gasteiger partial charge in [0.15, 0.2) is 5.60 Å². The van der Waals surface area contributed by atoms with Crippen LogP contribution in [-0.4, -0.2) is 123 Å². The maximum Gasteiger partial charge on any atom is 0.338 e. The summed E-state index contributed by atoms with van der Waals surface area (Å²) in [5.74, 6) is -2.96. The number of piperidine rings is 1. The molecule has 7 rings (SSSR count). The molecule has 7 bridgehead atoms. The molecule has 1 aromatic carbocycles. The van der Waals surface area contributed by atoms with Gasteiger partial charge >= 0.3 is 11.9 Å². The quantitative estimate of drug-likeness (QED) is 0.410. The van der Waals surface area contributed by atoms with Crippen LogP contribution in [0.25, 0.3) is 0 Å². The minimum Gasteiger partial charge on any atom is -0.455 e. The Morgan fingerprint density at radius 1 is 1.02 bits per heavy atom. The Hall–Kier alpha value is -2.12. The number of rotatable bonds is 8. The molecule has 242 valence electrons. The summed E-state index contributed by atoms with van der Waals surface area (Å²) in [5, 5.41) is 25.1. The molecule has 5 saturated carbocycles. The Labute approximate surface area is 258 Å². The summed E-state index contributed by atoms with van der Waals surface area (Å²) in [6.45, 7) is 2.56. The number of ether oxygens (including phenoxy) is 6. The predicted molar refractivity (Wildman–Crippen MR) is 154 cm³/mol. The molecule has 11 nitrogen and oxygen atoms in total. The first-order valence-corrected chi connectivity index (χ1v) is 15.7. The Bertz CT molecular complexity index is 1310. The van der Waals surface area contributed by atoms with E-state index in [1.165, 1.54) is 14.0 Å². The lowest BCUT2D eigenvalue weighted by Crippen LogP contribution is -2.80. The van der Waals surface area contributed by atoms with Crippen molar-refractivity contribution in [1.82, 2.24) is 4.90 Å². The van der Waals surface area contributed by atoms with Crippen LogP contribution in [0.15, 0.2) is 30.3 Å². The minimum absolute atomic E-state index is 0.103. The molecule has 14 atom stereocenters. The summed E-state index contributed by atoms with van der Waals surface area (Å²) in [6, 6.07) is 8.39. The van der Waals surface area contributed by atoms with Crippen molar-refractivity contribution in [2.75, 3.05) is 48.6 Å². The largest absolute Gasteiger partial charge is 0.455 e. The molecule has 6 aliphatic rings. The standard InChI is InChI=1S/C33H45NO10/c1-17(35)44-33-21-19(14-31(38,28(42-6)26(33)36)27(21)43-29(37)18-10-8-7-9-11-18)32-20(40-4)12-13-30(16-39-3)15-34(2)25(32)22(33)23(41-5)24(30)32/h7-11,19-28,36,38H,12-16H2,1-6H3/t19-,20+,21-,22?,23+,24-,25?,26+,27-,28-,30+,31-,32+,33-/m1/s1. The summed E-state index contributed by atoms with van der Waals surface area (Å²) in [7, 11) is 8.63. The molecule has 1 aromatic rings. The van der Waals surface area contributed by atoms with Gasteiger partial charge in [-0.3, -0.25) is 4.79 Å². The number of fused-ring (bicyclic) bond motifs is 2. The molecule has 2 unspecified atom stereocenters. The van der Waals surface area contributed by atoms with E-state index in [0.29, 0.717) is 12.2 Å². The van der Waals surface area contributed by atoms with E-state index < -0.39 is 64.8 Å². The fraction of sp³-hybridized carbons (Fsp3) is 0.758. The van der Waals surface area contributed by atoms with E-state index in [1.54, 1.807) is 45.6 Å². The second-order valence-corrected chi connectivity index (χ2v) is 14.2. The molecule has 2 N–H and O–H groups in total. The number of carbonyl (C=O) groups is 2. The Morgan fingerprint density at radius 3 is 2.36 bits per heavy atom. The zero-order chi connectivity index (χ0) is 31.4. The van der Waals surface area contributed by atoms with Crippen molar-refractivity contribution in [2.24, 2.45) is 34.5 Å². The average molecular weight is 616 g/mol. The van der Waals surface area contributed by atoms with Crippen LogP contribution < -0.4 is 0 Å². The van der Waals surface area contributed by atoms with Gasteiger partial charge < -0.3 is 43.5 Å². The van der Waals surface area contributed by atoms with E-state index in [9.17, 15) is 19.8 Å². The molecule has 1 saturated heterocycles. The number of carbonyl (C=O) groups excluding carboxylic acids is 2. The summed E-state index contributed by atoms with van der Waals surface area (Å²) in [4.78, 5) is 29.2. The van der Waals surface area contributed by atoms with Gasteiger partial charge in [0.2, 0.25) is 0 Å². The number of aliphatic hydroxyl groups excluding tert-OH is 1. The predicted octanol–water partition coefficient (Wildman–Crippen LogP) is 1.29. The molecule has 6 fully saturated rings. The first-order valence-electron chi connectivity index (χ1n) is 15.7. The van der Waals surface area contributed by atoms with Gasteiger partial charge in [-0.15, -0.1) is 0 Å². The highest BCUT2D eigenvalue weighted by Crippen LogP contribution is 2.80. The fourth-order valence-electron chi connectivity index (χ4n) is 12.3. The number of esters is 2. The number of likely N-dealkylation sites (tertiary alicyclic amines) is 1. The summed E-state index contributed by atoms with van der Waals surface area (Å²) >= 11 is 0. The number of benzene rings is 1. The molecule has 5 aliphatic carbocycles. The van der Waals surface area contributed by atoms with E-state index in [2.05, 4.69) is 11.9 Å². The second kappa shape index (κ2) is 10.2. The van der Waals surface area contributed by atoms with Gasteiger partial charge in [-0.05, 0) is 44.4 Å². The number of hydrogen-bond acceptors (Lipinski definition) is 11. The summed E-state index contributed by atoms with van der Waals surface area (Å²) < 4.78 is 37.5. The smallest absolute Gasteiger partial charge is 0.338 e. The van der Waals surface area contributed by atoms with Crippen LogP contribution in [0.2, 0.25) is 0 Å². The highest BCUT2D eigenvalue weighted by Gasteiger charge is 2.91. The van der Waals surface area contributed by atoms with Crippen LogP contribution in [0.3, 0.4) is 0 Å². The molecule has 1 heterocycles. The molecular formula is C33H45NO10. The zero-order valence-electron chi connectivity index (χ0n) is 26.3. The van der Waals surface area contributed by atoms with E-state index >= 15 is 0 Å². The molecule has 0 radical (unpaired) electrons. The van der Waals surface area contributed by atoms with Crippen molar-refractivity contribution >= 4 is 11.9 Å². The van der Waals surface area contributed by atoms with Gasteiger partial charge in [0.05, 0.1) is 24.4 Å². The van der Waals surface area contributed by atoms with Gasteiger partial charge in [-0.25, -0.2) is 4.79 Å². The van der Waals surface area contributed by atoms with E-state index in [-0.39, 0.29) is 35.8 Å². The topological polar surface area (TPSA) is 133 Å². The van der Waals surface area contributed by atoms with Crippen LogP contribution in [0, 0.1) is 34.5 Å². The maximum absolute atomic E-state index is 13.7. The van der Waals surface area contributed by atoms with Crippen molar-refractivity contribution < 1.29 is 48.2 Å². The second-order valence-electron chi connectivity index (χ2n) is 14.2. The Balaban J connectivity index is 1.51. The third-order valence-corrected chi connectivity index (χ3v) is 12.8. The van der Waals surface area contributed by atoms with Crippen LogP contribution in [0.5, 0.6) is 0 Å². The number of nitrogens with zero attached hydrogens (tertiary/aromatic N) is 1. The molecule has 0 amide bonds. The maximum atomic E-state index is 13.7. The lowest BCUT2D eigenvalue weighted by atomic mass is 9.43. The van der Waals surface area contributed by atoms with Gasteiger partial charge in [-0.1, -0.05) is 18.2 Å².